The van der Waals surface area contributed by atoms with E-state index in [1.165, 1.54) is 0 Å². The number of unbranched alkanes of at least 4 members (excludes halogenated alkanes) is 2. The summed E-state index contributed by atoms with van der Waals surface area (Å²) in [6.45, 7) is 0.561. The van der Waals surface area contributed by atoms with E-state index >= 15 is 0 Å². The fourth-order valence-electron chi connectivity index (χ4n) is 2.86. The molecule has 0 saturated heterocycles. The third-order valence-electron chi connectivity index (χ3n) is 4.86. The van der Waals surface area contributed by atoms with Gasteiger partial charge in [0, 0.05) is 63.8 Å². The number of nitrogens with zero attached hydrogens (tertiary/aromatic N) is 2. The lowest BCUT2D eigenvalue weighted by Crippen LogP contribution is -2.14. The van der Waals surface area contributed by atoms with Gasteiger partial charge in [-0.15, -0.1) is 0 Å². The summed E-state index contributed by atoms with van der Waals surface area (Å²) in [6, 6.07) is 15.0. The van der Waals surface area contributed by atoms with Crippen molar-refractivity contribution < 1.29 is 19.1 Å². The normalized spacial score (nSPS) is 9.56. The molecule has 0 heterocycles. The lowest BCUT2D eigenvalue weighted by atomic mass is 10.2. The molecule has 0 fully saturated rings. The number of ether oxygens (including phenoxy) is 2. The molecular weight excluding hydrogens is 456 g/mol. The highest BCUT2D eigenvalue weighted by molar-refractivity contribution is 5.85. The molecule has 2 amide bonds. The molecule has 36 heavy (non-hydrogen) atoms. The van der Waals surface area contributed by atoms with Crippen LogP contribution in [-0.4, -0.2) is 53.6 Å². The molecule has 0 aliphatic carbocycles. The number of nitrogens with one attached hydrogen (secondary N) is 2. The average Bonchev–Trinajstić information content (AvgIpc) is 2.85. The van der Waals surface area contributed by atoms with Gasteiger partial charge in [0.25, 0.3) is 0 Å². The van der Waals surface area contributed by atoms with Gasteiger partial charge in [0.2, 0.25) is 0 Å². The van der Waals surface area contributed by atoms with Gasteiger partial charge in [0.15, 0.2) is 0 Å². The van der Waals surface area contributed by atoms with Crippen molar-refractivity contribution in [2.45, 2.75) is 25.7 Å². The minimum atomic E-state index is -0.488. The number of carbonyl (C=O) groups is 2. The minimum Gasteiger partial charge on any atom is -0.449 e. The number of hydrogen-bond donors (Lipinski definition) is 2. The summed E-state index contributed by atoms with van der Waals surface area (Å²) < 4.78 is 10.3. The summed E-state index contributed by atoms with van der Waals surface area (Å²) >= 11 is 0. The summed E-state index contributed by atoms with van der Waals surface area (Å²) in [6.07, 6.45) is 1.44. The van der Waals surface area contributed by atoms with Crippen LogP contribution < -0.4 is 20.4 Å². The quantitative estimate of drug-likeness (QED) is 0.353. The topological polar surface area (TPSA) is 83.1 Å². The summed E-state index contributed by atoms with van der Waals surface area (Å²) in [7, 11) is 7.82. The molecule has 0 radical (unpaired) electrons. The summed E-state index contributed by atoms with van der Waals surface area (Å²) in [5, 5.41) is 5.39. The van der Waals surface area contributed by atoms with Crippen molar-refractivity contribution >= 4 is 34.9 Å². The first-order valence-corrected chi connectivity index (χ1v) is 11.7. The summed E-state index contributed by atoms with van der Waals surface area (Å²) in [5.74, 6) is 11.4. The van der Waals surface area contributed by atoms with Crippen LogP contribution in [0.2, 0.25) is 0 Å². The van der Waals surface area contributed by atoms with Crippen molar-refractivity contribution in [1.82, 2.24) is 0 Å². The Balaban J connectivity index is 1.50. The van der Waals surface area contributed by atoms with Crippen LogP contribution >= 0.6 is 0 Å². The number of anilines is 4. The Kier molecular flexibility index (Phi) is 12.1. The van der Waals surface area contributed by atoms with E-state index in [1.807, 2.05) is 86.5 Å². The van der Waals surface area contributed by atoms with Crippen LogP contribution in [0, 0.1) is 23.7 Å². The zero-order valence-corrected chi connectivity index (χ0v) is 21.4. The second-order valence-corrected chi connectivity index (χ2v) is 8.22. The van der Waals surface area contributed by atoms with E-state index in [-0.39, 0.29) is 13.2 Å². The molecule has 2 aromatic rings. The standard InChI is InChI=1S/C28H34N4O4/c1-31(2)25-17-13-23(14-18-25)29-27(33)35-21-11-9-7-5-6-8-10-12-22-36-28(34)30-24-15-19-26(20-16-24)32(3)4/h13-20H,9-12,21-22H2,1-4H3,(H,29,33)(H,30,34). The summed E-state index contributed by atoms with van der Waals surface area (Å²) in [5.41, 5.74) is 3.46. The van der Waals surface area contributed by atoms with Crippen LogP contribution in [0.15, 0.2) is 48.5 Å². The SMILES string of the molecule is CN(C)c1ccc(NC(=O)OCCCC#CC#CCCCOC(=O)Nc2ccc(N(C)C)cc2)cc1. The first-order valence-electron chi connectivity index (χ1n) is 11.7. The largest absolute Gasteiger partial charge is 0.449 e. The number of rotatable bonds is 10. The van der Waals surface area contributed by atoms with Gasteiger partial charge in [0.05, 0.1) is 13.2 Å². The van der Waals surface area contributed by atoms with Crippen molar-refractivity contribution in [3.63, 3.8) is 0 Å². The first kappa shape index (κ1) is 27.9. The Bertz CT molecular complexity index is 999. The molecule has 0 spiro atoms. The van der Waals surface area contributed by atoms with Crippen LogP contribution in [0.4, 0.5) is 32.3 Å². The Morgan fingerprint density at radius 3 is 1.36 bits per heavy atom. The van der Waals surface area contributed by atoms with Crippen LogP contribution in [0.25, 0.3) is 0 Å². The molecule has 0 aliphatic rings. The third kappa shape index (κ3) is 11.2. The number of hydrogen-bond acceptors (Lipinski definition) is 6. The van der Waals surface area contributed by atoms with Gasteiger partial charge < -0.3 is 19.3 Å². The van der Waals surface area contributed by atoms with Gasteiger partial charge >= 0.3 is 12.2 Å². The molecule has 8 heteroatoms. The van der Waals surface area contributed by atoms with E-state index in [0.717, 1.165) is 11.4 Å². The van der Waals surface area contributed by atoms with Gasteiger partial charge in [-0.25, -0.2) is 9.59 Å². The lowest BCUT2D eigenvalue weighted by molar-refractivity contribution is 0.160. The molecule has 0 unspecified atom stereocenters. The van der Waals surface area contributed by atoms with Crippen LogP contribution in [0.1, 0.15) is 25.7 Å². The first-order chi connectivity index (χ1) is 17.3. The lowest BCUT2D eigenvalue weighted by Gasteiger charge is -2.13. The predicted molar refractivity (Wildman–Crippen MR) is 145 cm³/mol. The second-order valence-electron chi connectivity index (χ2n) is 8.22. The molecule has 8 nitrogen and oxygen atoms in total. The van der Waals surface area contributed by atoms with Gasteiger partial charge in [-0.05, 0) is 73.2 Å². The zero-order chi connectivity index (χ0) is 26.2. The maximum Gasteiger partial charge on any atom is 0.411 e. The van der Waals surface area contributed by atoms with Crippen molar-refractivity contribution in [1.29, 1.82) is 0 Å². The van der Waals surface area contributed by atoms with E-state index in [9.17, 15) is 9.59 Å². The van der Waals surface area contributed by atoms with Crippen LogP contribution in [0.3, 0.4) is 0 Å². The monoisotopic (exact) mass is 490 g/mol. The maximum atomic E-state index is 11.8. The van der Waals surface area contributed by atoms with Crippen molar-refractivity contribution in [2.24, 2.45) is 0 Å². The van der Waals surface area contributed by atoms with Gasteiger partial charge in [0.1, 0.15) is 0 Å². The van der Waals surface area contributed by atoms with Crippen molar-refractivity contribution in [3.8, 4) is 23.7 Å². The molecule has 0 atom stereocenters. The fourth-order valence-corrected chi connectivity index (χ4v) is 2.86. The molecule has 0 aromatic heterocycles. The molecule has 2 N–H and O–H groups in total. The van der Waals surface area contributed by atoms with Crippen LogP contribution in [-0.2, 0) is 9.47 Å². The number of benzene rings is 2. The average molecular weight is 491 g/mol. The molecular formula is C28H34N4O4. The van der Waals surface area contributed by atoms with Crippen molar-refractivity contribution in [3.05, 3.63) is 48.5 Å². The highest BCUT2D eigenvalue weighted by atomic mass is 16.6. The Hall–Kier alpha value is -4.30. The molecule has 0 saturated carbocycles. The van der Waals surface area contributed by atoms with Gasteiger partial charge in [-0.1, -0.05) is 11.8 Å². The van der Waals surface area contributed by atoms with Crippen molar-refractivity contribution in [2.75, 3.05) is 61.8 Å². The third-order valence-corrected chi connectivity index (χ3v) is 4.86. The summed E-state index contributed by atoms with van der Waals surface area (Å²) in [4.78, 5) is 27.6. The number of carbonyl (C=O) groups excluding carboxylic acids is 2. The van der Waals surface area contributed by atoms with E-state index in [1.54, 1.807) is 0 Å². The minimum absolute atomic E-state index is 0.281. The van der Waals surface area contributed by atoms with E-state index < -0.39 is 12.2 Å². The predicted octanol–water partition coefficient (Wildman–Crippen LogP) is 5.18. The molecule has 0 aliphatic heterocycles. The Labute approximate surface area is 213 Å². The fraction of sp³-hybridized carbons (Fsp3) is 0.357. The van der Waals surface area contributed by atoms with Gasteiger partial charge in [-0.3, -0.25) is 10.6 Å². The van der Waals surface area contributed by atoms with Gasteiger partial charge in [-0.2, -0.15) is 0 Å². The molecule has 0 bridgehead atoms. The van der Waals surface area contributed by atoms with E-state index in [0.29, 0.717) is 37.1 Å². The number of amides is 2. The zero-order valence-electron chi connectivity index (χ0n) is 21.4. The Morgan fingerprint density at radius 2 is 1.03 bits per heavy atom. The highest BCUT2D eigenvalue weighted by Gasteiger charge is 2.04. The maximum absolute atomic E-state index is 11.8. The Morgan fingerprint density at radius 1 is 0.667 bits per heavy atom. The smallest absolute Gasteiger partial charge is 0.411 e. The van der Waals surface area contributed by atoms with E-state index in [4.69, 9.17) is 9.47 Å². The molecule has 2 rings (SSSR count). The molecule has 190 valence electrons. The molecule has 2 aromatic carbocycles. The van der Waals surface area contributed by atoms with E-state index in [2.05, 4.69) is 34.3 Å². The van der Waals surface area contributed by atoms with Crippen LogP contribution in [0.5, 0.6) is 0 Å². The second kappa shape index (κ2) is 15.6. The highest BCUT2D eigenvalue weighted by Crippen LogP contribution is 2.16.